The number of hydrogen-bond acceptors (Lipinski definition) is 0. The van der Waals surface area contributed by atoms with E-state index in [0.717, 1.165) is 24.0 Å². The van der Waals surface area contributed by atoms with E-state index in [1.165, 1.54) is 5.56 Å². The maximum atomic E-state index is 13.5. The van der Waals surface area contributed by atoms with Crippen molar-refractivity contribution < 1.29 is 4.39 Å². The molecule has 0 aliphatic heterocycles. The van der Waals surface area contributed by atoms with Crippen LogP contribution in [0.5, 0.6) is 0 Å². The minimum atomic E-state index is -0.139. The predicted octanol–water partition coefficient (Wildman–Crippen LogP) is 4.75. The molecule has 2 rings (SSSR count). The molecule has 0 nitrogen and oxygen atoms in total. The van der Waals surface area contributed by atoms with Gasteiger partial charge < -0.3 is 0 Å². The average molecular weight is 228 g/mol. The number of rotatable bonds is 3. The zero-order valence-electron chi connectivity index (χ0n) is 10.3. The molecule has 2 aromatic carbocycles. The second-order valence-electron chi connectivity index (χ2n) is 4.41. The third-order valence-electron chi connectivity index (χ3n) is 3.00. The fraction of sp³-hybridized carbons (Fsp3) is 0.250. The van der Waals surface area contributed by atoms with Crippen molar-refractivity contribution in [2.45, 2.75) is 26.7 Å². The summed E-state index contributed by atoms with van der Waals surface area (Å²) in [6.07, 6.45) is 2.25. The van der Waals surface area contributed by atoms with Crippen LogP contribution in [-0.4, -0.2) is 0 Å². The van der Waals surface area contributed by atoms with Gasteiger partial charge >= 0.3 is 0 Å². The molecule has 0 N–H and O–H groups in total. The van der Waals surface area contributed by atoms with Crippen LogP contribution in [0.2, 0.25) is 0 Å². The molecule has 0 saturated carbocycles. The number of halogens is 1. The maximum Gasteiger partial charge on any atom is 0.126 e. The maximum absolute atomic E-state index is 13.5. The summed E-state index contributed by atoms with van der Waals surface area (Å²) < 4.78 is 13.5. The van der Waals surface area contributed by atoms with E-state index < -0.39 is 0 Å². The first-order chi connectivity index (χ1) is 8.20. The summed E-state index contributed by atoms with van der Waals surface area (Å²) in [6, 6.07) is 13.8. The summed E-state index contributed by atoms with van der Waals surface area (Å²) in [5, 5.41) is 0. The topological polar surface area (TPSA) is 0 Å². The summed E-state index contributed by atoms with van der Waals surface area (Å²) in [5.41, 5.74) is 4.04. The molecule has 0 fully saturated rings. The molecule has 17 heavy (non-hydrogen) atoms. The van der Waals surface area contributed by atoms with Crippen LogP contribution in [0.4, 0.5) is 4.39 Å². The zero-order valence-corrected chi connectivity index (χ0v) is 10.3. The monoisotopic (exact) mass is 228 g/mol. The van der Waals surface area contributed by atoms with Crippen LogP contribution in [0.15, 0.2) is 42.5 Å². The third-order valence-corrected chi connectivity index (χ3v) is 3.00. The molecule has 0 heterocycles. The molecule has 0 amide bonds. The Balaban J connectivity index is 2.30. The van der Waals surface area contributed by atoms with E-state index in [1.807, 2.05) is 12.1 Å². The first kappa shape index (κ1) is 11.8. The van der Waals surface area contributed by atoms with Crippen molar-refractivity contribution in [3.8, 4) is 11.1 Å². The molecular weight excluding hydrogens is 211 g/mol. The van der Waals surface area contributed by atoms with E-state index in [1.54, 1.807) is 13.0 Å². The normalized spacial score (nSPS) is 10.5. The van der Waals surface area contributed by atoms with Gasteiger partial charge in [-0.2, -0.15) is 0 Å². The highest BCUT2D eigenvalue weighted by Crippen LogP contribution is 2.22. The molecular formula is C16H17F. The Morgan fingerprint density at radius 2 is 1.59 bits per heavy atom. The fourth-order valence-corrected chi connectivity index (χ4v) is 1.92. The SMILES string of the molecule is CCCc1ccc(-c2ccc(C)c(F)c2)cc1. The number of hydrogen-bond donors (Lipinski definition) is 0. The summed E-state index contributed by atoms with van der Waals surface area (Å²) in [6.45, 7) is 3.95. The van der Waals surface area contributed by atoms with Crippen molar-refractivity contribution >= 4 is 0 Å². The predicted molar refractivity (Wildman–Crippen MR) is 70.6 cm³/mol. The molecule has 2 aromatic rings. The Labute approximate surface area is 102 Å². The van der Waals surface area contributed by atoms with Crippen molar-refractivity contribution in [1.82, 2.24) is 0 Å². The summed E-state index contributed by atoms with van der Waals surface area (Å²) in [4.78, 5) is 0. The summed E-state index contributed by atoms with van der Waals surface area (Å²) >= 11 is 0. The first-order valence-corrected chi connectivity index (χ1v) is 6.06. The van der Waals surface area contributed by atoms with E-state index in [-0.39, 0.29) is 5.82 Å². The Kier molecular flexibility index (Phi) is 3.58. The number of benzene rings is 2. The molecule has 0 atom stereocenters. The quantitative estimate of drug-likeness (QED) is 0.711. The van der Waals surface area contributed by atoms with E-state index in [2.05, 4.69) is 31.2 Å². The van der Waals surface area contributed by atoms with Gasteiger partial charge in [0.2, 0.25) is 0 Å². The van der Waals surface area contributed by atoms with Crippen LogP contribution in [0, 0.1) is 12.7 Å². The van der Waals surface area contributed by atoms with Crippen molar-refractivity contribution in [2.75, 3.05) is 0 Å². The molecule has 0 aliphatic carbocycles. The zero-order chi connectivity index (χ0) is 12.3. The highest BCUT2D eigenvalue weighted by atomic mass is 19.1. The average Bonchev–Trinajstić information content (AvgIpc) is 2.34. The minimum absolute atomic E-state index is 0.139. The second kappa shape index (κ2) is 5.13. The Morgan fingerprint density at radius 1 is 0.941 bits per heavy atom. The van der Waals surface area contributed by atoms with Gasteiger partial charge in [-0.25, -0.2) is 4.39 Å². The van der Waals surface area contributed by atoms with Gasteiger partial charge in [0.05, 0.1) is 0 Å². The second-order valence-corrected chi connectivity index (χ2v) is 4.41. The van der Waals surface area contributed by atoms with Gasteiger partial charge in [0, 0.05) is 0 Å². The Morgan fingerprint density at radius 3 is 2.18 bits per heavy atom. The van der Waals surface area contributed by atoms with E-state index in [0.29, 0.717) is 5.56 Å². The smallest absolute Gasteiger partial charge is 0.126 e. The van der Waals surface area contributed by atoms with Crippen molar-refractivity contribution in [1.29, 1.82) is 0 Å². The summed E-state index contributed by atoms with van der Waals surface area (Å²) in [7, 11) is 0. The lowest BCUT2D eigenvalue weighted by molar-refractivity contribution is 0.619. The van der Waals surface area contributed by atoms with Gasteiger partial charge in [0.15, 0.2) is 0 Å². The van der Waals surface area contributed by atoms with Gasteiger partial charge in [-0.3, -0.25) is 0 Å². The fourth-order valence-electron chi connectivity index (χ4n) is 1.92. The van der Waals surface area contributed by atoms with Crippen LogP contribution in [0.1, 0.15) is 24.5 Å². The van der Waals surface area contributed by atoms with E-state index in [9.17, 15) is 4.39 Å². The molecule has 0 bridgehead atoms. The standard InChI is InChI=1S/C16H17F/c1-3-4-13-6-9-14(10-7-13)15-8-5-12(2)16(17)11-15/h5-11H,3-4H2,1-2H3. The van der Waals surface area contributed by atoms with Crippen LogP contribution in [0.3, 0.4) is 0 Å². The van der Waals surface area contributed by atoms with Crippen LogP contribution >= 0.6 is 0 Å². The third kappa shape index (κ3) is 2.73. The van der Waals surface area contributed by atoms with Gasteiger partial charge in [-0.05, 0) is 41.7 Å². The van der Waals surface area contributed by atoms with Crippen molar-refractivity contribution in [3.05, 3.63) is 59.4 Å². The van der Waals surface area contributed by atoms with E-state index in [4.69, 9.17) is 0 Å². The lowest BCUT2D eigenvalue weighted by atomic mass is 10.0. The van der Waals surface area contributed by atoms with Gasteiger partial charge in [-0.15, -0.1) is 0 Å². The van der Waals surface area contributed by atoms with Crippen LogP contribution in [-0.2, 0) is 6.42 Å². The van der Waals surface area contributed by atoms with E-state index >= 15 is 0 Å². The first-order valence-electron chi connectivity index (χ1n) is 6.06. The lowest BCUT2D eigenvalue weighted by Crippen LogP contribution is -1.86. The highest BCUT2D eigenvalue weighted by Gasteiger charge is 2.02. The van der Waals surface area contributed by atoms with Crippen molar-refractivity contribution in [3.63, 3.8) is 0 Å². The van der Waals surface area contributed by atoms with Crippen LogP contribution < -0.4 is 0 Å². The van der Waals surface area contributed by atoms with Crippen molar-refractivity contribution in [2.24, 2.45) is 0 Å². The Hall–Kier alpha value is -1.63. The Bertz CT molecular complexity index is 497. The highest BCUT2D eigenvalue weighted by molar-refractivity contribution is 5.64. The minimum Gasteiger partial charge on any atom is -0.207 e. The molecule has 88 valence electrons. The lowest BCUT2D eigenvalue weighted by Gasteiger charge is -2.05. The molecule has 0 unspecified atom stereocenters. The van der Waals surface area contributed by atoms with Gasteiger partial charge in [0.25, 0.3) is 0 Å². The molecule has 1 heteroatoms. The summed E-state index contributed by atoms with van der Waals surface area (Å²) in [5.74, 6) is -0.139. The van der Waals surface area contributed by atoms with Gasteiger partial charge in [0.1, 0.15) is 5.82 Å². The molecule has 0 aromatic heterocycles. The largest absolute Gasteiger partial charge is 0.207 e. The number of aryl methyl sites for hydroxylation is 2. The molecule has 0 aliphatic rings. The molecule has 0 saturated heterocycles. The molecule has 0 radical (unpaired) electrons. The van der Waals surface area contributed by atoms with Gasteiger partial charge in [-0.1, -0.05) is 49.7 Å². The molecule has 0 spiro atoms. The van der Waals surface area contributed by atoms with Crippen LogP contribution in [0.25, 0.3) is 11.1 Å².